The van der Waals surface area contributed by atoms with Gasteiger partial charge in [0.2, 0.25) is 0 Å². The summed E-state index contributed by atoms with van der Waals surface area (Å²) in [4.78, 5) is 4.01. The fourth-order valence-electron chi connectivity index (χ4n) is 1.71. The van der Waals surface area contributed by atoms with Crippen molar-refractivity contribution < 1.29 is 0 Å². The Hall–Kier alpha value is -2.27. The Morgan fingerprint density at radius 2 is 1.89 bits per heavy atom. The second kappa shape index (κ2) is 5.88. The van der Waals surface area contributed by atoms with Gasteiger partial charge in [0.25, 0.3) is 0 Å². The summed E-state index contributed by atoms with van der Waals surface area (Å²) in [5.41, 5.74) is 8.86. The van der Waals surface area contributed by atoms with Crippen molar-refractivity contribution in [2.24, 2.45) is 0 Å². The van der Waals surface area contributed by atoms with E-state index in [9.17, 15) is 0 Å². The van der Waals surface area contributed by atoms with Gasteiger partial charge in [0.1, 0.15) is 5.82 Å². The van der Waals surface area contributed by atoms with E-state index in [4.69, 9.17) is 5.73 Å². The van der Waals surface area contributed by atoms with E-state index in [0.29, 0.717) is 5.82 Å². The zero-order valence-corrected chi connectivity index (χ0v) is 10.5. The van der Waals surface area contributed by atoms with Crippen molar-refractivity contribution in [3.05, 3.63) is 59.3 Å². The maximum Gasteiger partial charge on any atom is 0.139 e. The fraction of sp³-hybridized carbons (Fsp3) is 0.188. The summed E-state index contributed by atoms with van der Waals surface area (Å²) in [6.45, 7) is 2.18. The van der Waals surface area contributed by atoms with Crippen LogP contribution in [0.2, 0.25) is 0 Å². The molecule has 1 aromatic carbocycles. The highest BCUT2D eigenvalue weighted by molar-refractivity contribution is 5.52. The summed E-state index contributed by atoms with van der Waals surface area (Å²) < 4.78 is 0. The predicted molar refractivity (Wildman–Crippen MR) is 75.1 cm³/mol. The van der Waals surface area contributed by atoms with Crippen molar-refractivity contribution in [1.29, 1.82) is 0 Å². The number of anilines is 1. The molecule has 0 fully saturated rings. The topological polar surface area (TPSA) is 38.9 Å². The van der Waals surface area contributed by atoms with E-state index >= 15 is 0 Å². The van der Waals surface area contributed by atoms with Gasteiger partial charge >= 0.3 is 0 Å². The minimum atomic E-state index is 0.479. The Bertz CT molecular complexity index is 574. The lowest BCUT2D eigenvalue weighted by Crippen LogP contribution is -1.92. The standard InChI is InChI=1S/C16H16N2/c1-2-4-13-6-8-14(9-7-13)10-11-15-5-3-12-18-16(15)17/h3,5-9,12H,2,4H2,1H3,(H2,17,18). The average molecular weight is 236 g/mol. The van der Waals surface area contributed by atoms with Crippen LogP contribution in [0.3, 0.4) is 0 Å². The summed E-state index contributed by atoms with van der Waals surface area (Å²) in [7, 11) is 0. The molecule has 0 amide bonds. The molecule has 0 saturated carbocycles. The van der Waals surface area contributed by atoms with Gasteiger partial charge < -0.3 is 5.73 Å². The van der Waals surface area contributed by atoms with Crippen molar-refractivity contribution in [2.45, 2.75) is 19.8 Å². The average Bonchev–Trinajstić information content (AvgIpc) is 2.40. The predicted octanol–water partition coefficient (Wildman–Crippen LogP) is 3.02. The fourth-order valence-corrected chi connectivity index (χ4v) is 1.71. The number of rotatable bonds is 2. The maximum atomic E-state index is 5.73. The van der Waals surface area contributed by atoms with Crippen LogP contribution in [0.4, 0.5) is 5.82 Å². The molecule has 0 unspecified atom stereocenters. The van der Waals surface area contributed by atoms with Gasteiger partial charge in [-0.15, -0.1) is 0 Å². The zero-order valence-electron chi connectivity index (χ0n) is 10.5. The third kappa shape index (κ3) is 3.11. The molecule has 2 heteroatoms. The SMILES string of the molecule is CCCc1ccc(C#Cc2cccnc2N)cc1. The third-order valence-corrected chi connectivity index (χ3v) is 2.67. The first-order valence-corrected chi connectivity index (χ1v) is 6.11. The lowest BCUT2D eigenvalue weighted by molar-refractivity contribution is 0.922. The summed E-state index contributed by atoms with van der Waals surface area (Å²) in [6.07, 6.45) is 3.95. The lowest BCUT2D eigenvalue weighted by Gasteiger charge is -1.98. The van der Waals surface area contributed by atoms with E-state index < -0.39 is 0 Å². The van der Waals surface area contributed by atoms with Gasteiger partial charge in [0.05, 0.1) is 5.56 Å². The van der Waals surface area contributed by atoms with Crippen LogP contribution in [0.15, 0.2) is 42.6 Å². The molecule has 0 atom stereocenters. The van der Waals surface area contributed by atoms with E-state index in [1.54, 1.807) is 6.20 Å². The van der Waals surface area contributed by atoms with E-state index in [1.165, 1.54) is 5.56 Å². The van der Waals surface area contributed by atoms with Crippen LogP contribution in [-0.4, -0.2) is 4.98 Å². The molecule has 18 heavy (non-hydrogen) atoms. The Morgan fingerprint density at radius 3 is 2.56 bits per heavy atom. The van der Waals surface area contributed by atoms with Crippen molar-refractivity contribution in [2.75, 3.05) is 5.73 Å². The number of aromatic nitrogens is 1. The molecule has 1 heterocycles. The first-order chi connectivity index (χ1) is 8.79. The highest BCUT2D eigenvalue weighted by Crippen LogP contribution is 2.07. The number of aryl methyl sites for hydroxylation is 1. The Kier molecular flexibility index (Phi) is 3.98. The number of nitrogen functional groups attached to an aromatic ring is 1. The van der Waals surface area contributed by atoms with Gasteiger partial charge in [-0.05, 0) is 36.2 Å². The maximum absolute atomic E-state index is 5.73. The van der Waals surface area contributed by atoms with Crippen molar-refractivity contribution in [1.82, 2.24) is 4.98 Å². The largest absolute Gasteiger partial charge is 0.383 e. The molecule has 0 bridgehead atoms. The minimum absolute atomic E-state index is 0.479. The molecule has 2 aromatic rings. The summed E-state index contributed by atoms with van der Waals surface area (Å²) in [6, 6.07) is 12.1. The van der Waals surface area contributed by atoms with Gasteiger partial charge in [-0.25, -0.2) is 4.98 Å². The van der Waals surface area contributed by atoms with E-state index in [2.05, 4.69) is 35.9 Å². The number of hydrogen-bond acceptors (Lipinski definition) is 2. The van der Waals surface area contributed by atoms with Crippen molar-refractivity contribution in [3.8, 4) is 11.8 Å². The molecule has 0 aliphatic rings. The molecule has 90 valence electrons. The second-order valence-corrected chi connectivity index (χ2v) is 4.13. The highest BCUT2D eigenvalue weighted by atomic mass is 14.8. The number of pyridine rings is 1. The van der Waals surface area contributed by atoms with Crippen LogP contribution < -0.4 is 5.73 Å². The van der Waals surface area contributed by atoms with Crippen LogP contribution in [0.5, 0.6) is 0 Å². The number of benzene rings is 1. The smallest absolute Gasteiger partial charge is 0.139 e. The second-order valence-electron chi connectivity index (χ2n) is 4.13. The number of nitrogens with zero attached hydrogens (tertiary/aromatic N) is 1. The monoisotopic (exact) mass is 236 g/mol. The van der Waals surface area contributed by atoms with E-state index in [1.807, 2.05) is 24.3 Å². The normalized spacial score (nSPS) is 9.61. The summed E-state index contributed by atoms with van der Waals surface area (Å²) in [5, 5.41) is 0. The Balaban J connectivity index is 2.17. The van der Waals surface area contributed by atoms with Crippen LogP contribution in [0.25, 0.3) is 0 Å². The van der Waals surface area contributed by atoms with Gasteiger partial charge in [0, 0.05) is 11.8 Å². The number of hydrogen-bond donors (Lipinski definition) is 1. The quantitative estimate of drug-likeness (QED) is 0.814. The van der Waals surface area contributed by atoms with Gasteiger partial charge in [-0.3, -0.25) is 0 Å². The molecule has 2 rings (SSSR count). The van der Waals surface area contributed by atoms with Gasteiger partial charge in [-0.2, -0.15) is 0 Å². The molecule has 0 radical (unpaired) electrons. The van der Waals surface area contributed by atoms with Crippen molar-refractivity contribution >= 4 is 5.82 Å². The minimum Gasteiger partial charge on any atom is -0.383 e. The van der Waals surface area contributed by atoms with Crippen LogP contribution in [-0.2, 0) is 6.42 Å². The summed E-state index contributed by atoms with van der Waals surface area (Å²) in [5.74, 6) is 6.62. The Labute approximate surface area is 108 Å². The van der Waals surface area contributed by atoms with E-state index in [0.717, 1.165) is 24.0 Å². The molecule has 0 saturated heterocycles. The van der Waals surface area contributed by atoms with Crippen LogP contribution in [0.1, 0.15) is 30.0 Å². The highest BCUT2D eigenvalue weighted by Gasteiger charge is 1.94. The van der Waals surface area contributed by atoms with E-state index in [-0.39, 0.29) is 0 Å². The molecule has 1 aromatic heterocycles. The molecular weight excluding hydrogens is 220 g/mol. The van der Waals surface area contributed by atoms with Crippen LogP contribution in [0, 0.1) is 11.8 Å². The van der Waals surface area contributed by atoms with Gasteiger partial charge in [0.15, 0.2) is 0 Å². The number of nitrogens with two attached hydrogens (primary N) is 1. The zero-order chi connectivity index (χ0) is 12.8. The first kappa shape index (κ1) is 12.2. The lowest BCUT2D eigenvalue weighted by atomic mass is 10.1. The molecule has 2 N–H and O–H groups in total. The van der Waals surface area contributed by atoms with Crippen molar-refractivity contribution in [3.63, 3.8) is 0 Å². The molecule has 0 spiro atoms. The molecule has 2 nitrogen and oxygen atoms in total. The third-order valence-electron chi connectivity index (χ3n) is 2.67. The Morgan fingerprint density at radius 1 is 1.11 bits per heavy atom. The molecule has 0 aliphatic heterocycles. The molecular formula is C16H16N2. The van der Waals surface area contributed by atoms with Gasteiger partial charge in [-0.1, -0.05) is 37.3 Å². The molecule has 0 aliphatic carbocycles. The van der Waals surface area contributed by atoms with Crippen LogP contribution >= 0.6 is 0 Å². The first-order valence-electron chi connectivity index (χ1n) is 6.11. The summed E-state index contributed by atoms with van der Waals surface area (Å²) >= 11 is 0.